The van der Waals surface area contributed by atoms with Gasteiger partial charge in [-0.2, -0.15) is 0 Å². The largest absolute Gasteiger partial charge is 0.369 e. The topological polar surface area (TPSA) is 24.9 Å². The van der Waals surface area contributed by atoms with Gasteiger partial charge < -0.3 is 5.32 Å². The quantitative estimate of drug-likeness (QED) is 0.849. The number of hydrogen-bond acceptors (Lipinski definition) is 3. The molecule has 0 spiro atoms. The van der Waals surface area contributed by atoms with Crippen molar-refractivity contribution in [1.29, 1.82) is 0 Å². The van der Waals surface area contributed by atoms with E-state index in [2.05, 4.69) is 55.5 Å². The fourth-order valence-corrected chi connectivity index (χ4v) is 3.27. The summed E-state index contributed by atoms with van der Waals surface area (Å²) in [7, 11) is 0. The molecule has 18 heavy (non-hydrogen) atoms. The Balaban J connectivity index is 2.12. The van der Waals surface area contributed by atoms with E-state index in [0.717, 1.165) is 12.4 Å². The summed E-state index contributed by atoms with van der Waals surface area (Å²) in [6.07, 6.45) is 1.89. The molecule has 0 atom stereocenters. The number of fused-ring (bicyclic) bond motifs is 1. The molecule has 0 saturated heterocycles. The summed E-state index contributed by atoms with van der Waals surface area (Å²) < 4.78 is 1.30. The standard InChI is InChI=1S/C15H22N2S/c1-10(2)13(11(3)4)9-17-15-12-6-8-18-14(12)5-7-16-15/h5-8,10-11,13H,9H2,1-4H3,(H,16,17). The van der Waals surface area contributed by atoms with Crippen LogP contribution in [-0.2, 0) is 0 Å². The molecule has 3 heteroatoms. The molecule has 0 radical (unpaired) electrons. The molecule has 0 aliphatic rings. The normalized spacial score (nSPS) is 11.9. The highest BCUT2D eigenvalue weighted by atomic mass is 32.1. The van der Waals surface area contributed by atoms with E-state index in [1.807, 2.05) is 6.20 Å². The average Bonchev–Trinajstić information content (AvgIpc) is 2.77. The van der Waals surface area contributed by atoms with Crippen LogP contribution >= 0.6 is 11.3 Å². The van der Waals surface area contributed by atoms with Gasteiger partial charge in [0.25, 0.3) is 0 Å². The van der Waals surface area contributed by atoms with Gasteiger partial charge in [0.1, 0.15) is 5.82 Å². The fraction of sp³-hybridized carbons (Fsp3) is 0.533. The first-order valence-corrected chi connectivity index (χ1v) is 7.53. The Labute approximate surface area is 113 Å². The smallest absolute Gasteiger partial charge is 0.134 e. The third-order valence-electron chi connectivity index (χ3n) is 3.60. The van der Waals surface area contributed by atoms with Crippen LogP contribution in [0.25, 0.3) is 10.1 Å². The molecule has 0 aromatic carbocycles. The highest BCUT2D eigenvalue weighted by Crippen LogP contribution is 2.27. The molecule has 0 unspecified atom stereocenters. The predicted octanol–water partition coefficient (Wildman–Crippen LogP) is 4.64. The van der Waals surface area contributed by atoms with Gasteiger partial charge in [0.15, 0.2) is 0 Å². The van der Waals surface area contributed by atoms with Crippen molar-refractivity contribution < 1.29 is 0 Å². The molecular formula is C15H22N2S. The molecule has 0 fully saturated rings. The van der Waals surface area contributed by atoms with Crippen LogP contribution in [0.4, 0.5) is 5.82 Å². The Morgan fingerprint density at radius 3 is 2.56 bits per heavy atom. The Morgan fingerprint density at radius 2 is 1.89 bits per heavy atom. The maximum Gasteiger partial charge on any atom is 0.134 e. The van der Waals surface area contributed by atoms with Crippen molar-refractivity contribution in [3.63, 3.8) is 0 Å². The summed E-state index contributed by atoms with van der Waals surface area (Å²) >= 11 is 1.77. The van der Waals surface area contributed by atoms with Crippen molar-refractivity contribution in [3.8, 4) is 0 Å². The number of aromatic nitrogens is 1. The molecule has 0 bridgehead atoms. The second kappa shape index (κ2) is 5.70. The van der Waals surface area contributed by atoms with Gasteiger partial charge in [-0.1, -0.05) is 27.7 Å². The van der Waals surface area contributed by atoms with Crippen LogP contribution in [-0.4, -0.2) is 11.5 Å². The Bertz CT molecular complexity index is 494. The molecule has 2 aromatic rings. The lowest BCUT2D eigenvalue weighted by molar-refractivity contribution is 0.304. The van der Waals surface area contributed by atoms with E-state index in [0.29, 0.717) is 17.8 Å². The van der Waals surface area contributed by atoms with E-state index in [1.165, 1.54) is 10.1 Å². The molecule has 0 saturated carbocycles. The van der Waals surface area contributed by atoms with E-state index in [1.54, 1.807) is 11.3 Å². The van der Waals surface area contributed by atoms with Gasteiger partial charge in [0, 0.05) is 22.8 Å². The van der Waals surface area contributed by atoms with Crippen LogP contribution in [0, 0.1) is 17.8 Å². The zero-order valence-electron chi connectivity index (χ0n) is 11.6. The number of anilines is 1. The second-order valence-electron chi connectivity index (χ2n) is 5.52. The van der Waals surface area contributed by atoms with Gasteiger partial charge in [-0.3, -0.25) is 0 Å². The lowest BCUT2D eigenvalue weighted by Crippen LogP contribution is -2.24. The van der Waals surface area contributed by atoms with Crippen LogP contribution in [0.5, 0.6) is 0 Å². The monoisotopic (exact) mass is 262 g/mol. The van der Waals surface area contributed by atoms with E-state index in [4.69, 9.17) is 0 Å². The third kappa shape index (κ3) is 2.83. The van der Waals surface area contributed by atoms with E-state index < -0.39 is 0 Å². The third-order valence-corrected chi connectivity index (χ3v) is 4.48. The van der Waals surface area contributed by atoms with Crippen molar-refractivity contribution >= 4 is 27.2 Å². The van der Waals surface area contributed by atoms with Gasteiger partial charge in [-0.05, 0) is 35.3 Å². The summed E-state index contributed by atoms with van der Waals surface area (Å²) in [5, 5.41) is 6.90. The first kappa shape index (κ1) is 13.3. The number of pyridine rings is 1. The molecular weight excluding hydrogens is 240 g/mol. The SMILES string of the molecule is CC(C)C(CNc1nccc2sccc12)C(C)C. The lowest BCUT2D eigenvalue weighted by Gasteiger charge is -2.25. The van der Waals surface area contributed by atoms with Crippen molar-refractivity contribution in [2.45, 2.75) is 27.7 Å². The van der Waals surface area contributed by atoms with E-state index in [-0.39, 0.29) is 0 Å². The van der Waals surface area contributed by atoms with Gasteiger partial charge in [0.2, 0.25) is 0 Å². The number of nitrogens with one attached hydrogen (secondary N) is 1. The molecule has 2 heterocycles. The minimum atomic E-state index is 0.681. The summed E-state index contributed by atoms with van der Waals surface area (Å²) in [5.74, 6) is 3.10. The van der Waals surface area contributed by atoms with E-state index >= 15 is 0 Å². The van der Waals surface area contributed by atoms with Crippen molar-refractivity contribution in [3.05, 3.63) is 23.7 Å². The highest BCUT2D eigenvalue weighted by Gasteiger charge is 2.17. The summed E-state index contributed by atoms with van der Waals surface area (Å²) in [6, 6.07) is 4.22. The number of hydrogen-bond donors (Lipinski definition) is 1. The molecule has 2 aromatic heterocycles. The van der Waals surface area contributed by atoms with Crippen LogP contribution in [0.2, 0.25) is 0 Å². The van der Waals surface area contributed by atoms with Crippen LogP contribution in [0.15, 0.2) is 23.7 Å². The first-order valence-electron chi connectivity index (χ1n) is 6.65. The molecule has 0 amide bonds. The zero-order chi connectivity index (χ0) is 13.1. The number of nitrogens with zero attached hydrogens (tertiary/aromatic N) is 1. The summed E-state index contributed by atoms with van der Waals surface area (Å²) in [4.78, 5) is 4.47. The maximum absolute atomic E-state index is 4.47. The van der Waals surface area contributed by atoms with Gasteiger partial charge in [-0.25, -0.2) is 4.98 Å². The number of thiophene rings is 1. The predicted molar refractivity (Wildman–Crippen MR) is 81.3 cm³/mol. The molecule has 0 aliphatic heterocycles. The maximum atomic E-state index is 4.47. The average molecular weight is 262 g/mol. The zero-order valence-corrected chi connectivity index (χ0v) is 12.4. The summed E-state index contributed by atoms with van der Waals surface area (Å²) in [6.45, 7) is 10.2. The van der Waals surface area contributed by atoms with Crippen LogP contribution in [0.1, 0.15) is 27.7 Å². The Kier molecular flexibility index (Phi) is 4.23. The Hall–Kier alpha value is -1.09. The second-order valence-corrected chi connectivity index (χ2v) is 6.47. The minimum absolute atomic E-state index is 0.681. The fourth-order valence-electron chi connectivity index (χ4n) is 2.49. The molecule has 98 valence electrons. The van der Waals surface area contributed by atoms with Gasteiger partial charge >= 0.3 is 0 Å². The van der Waals surface area contributed by atoms with Gasteiger partial charge in [0.05, 0.1) is 0 Å². The van der Waals surface area contributed by atoms with Crippen molar-refractivity contribution in [2.75, 3.05) is 11.9 Å². The van der Waals surface area contributed by atoms with Crippen LogP contribution in [0.3, 0.4) is 0 Å². The van der Waals surface area contributed by atoms with Crippen molar-refractivity contribution in [2.24, 2.45) is 17.8 Å². The number of rotatable bonds is 5. The van der Waals surface area contributed by atoms with Crippen molar-refractivity contribution in [1.82, 2.24) is 4.98 Å². The van der Waals surface area contributed by atoms with Crippen LogP contribution < -0.4 is 5.32 Å². The molecule has 2 rings (SSSR count). The van der Waals surface area contributed by atoms with Gasteiger partial charge in [-0.15, -0.1) is 11.3 Å². The minimum Gasteiger partial charge on any atom is -0.369 e. The summed E-state index contributed by atoms with van der Waals surface area (Å²) in [5.41, 5.74) is 0. The molecule has 1 N–H and O–H groups in total. The molecule has 0 aliphatic carbocycles. The molecule has 2 nitrogen and oxygen atoms in total. The Morgan fingerprint density at radius 1 is 1.17 bits per heavy atom. The highest BCUT2D eigenvalue weighted by molar-refractivity contribution is 7.17. The first-order chi connectivity index (χ1) is 8.59. The van der Waals surface area contributed by atoms with E-state index in [9.17, 15) is 0 Å². The lowest BCUT2D eigenvalue weighted by atomic mass is 9.85.